The van der Waals surface area contributed by atoms with Crippen molar-refractivity contribution in [3.8, 4) is 0 Å². The monoisotopic (exact) mass is 266 g/mol. The van der Waals surface area contributed by atoms with Crippen molar-refractivity contribution in [1.29, 1.82) is 0 Å². The van der Waals surface area contributed by atoms with Gasteiger partial charge in [0.1, 0.15) is 0 Å². The second kappa shape index (κ2) is 4.24. The molecule has 2 aliphatic rings. The van der Waals surface area contributed by atoms with Crippen LogP contribution in [0.2, 0.25) is 0 Å². The summed E-state index contributed by atoms with van der Waals surface area (Å²) in [7, 11) is -2.96. The third kappa shape index (κ3) is 2.01. The molecule has 5 heteroatoms. The van der Waals surface area contributed by atoms with Gasteiger partial charge in [-0.2, -0.15) is 0 Å². The summed E-state index contributed by atoms with van der Waals surface area (Å²) in [6, 6.07) is 7.92. The van der Waals surface area contributed by atoms with Gasteiger partial charge in [0.15, 0.2) is 9.84 Å². The van der Waals surface area contributed by atoms with Crippen molar-refractivity contribution in [2.45, 2.75) is 24.9 Å². The summed E-state index contributed by atoms with van der Waals surface area (Å²) in [6.45, 7) is 0.908. The van der Waals surface area contributed by atoms with E-state index in [2.05, 4.69) is 17.0 Å². The lowest BCUT2D eigenvalue weighted by molar-refractivity contribution is 0.548. The molecule has 2 N–H and O–H groups in total. The van der Waals surface area contributed by atoms with Crippen LogP contribution < -0.4 is 10.6 Å². The maximum atomic E-state index is 11.7. The molecule has 0 spiro atoms. The summed E-state index contributed by atoms with van der Waals surface area (Å²) >= 11 is 0. The van der Waals surface area contributed by atoms with Gasteiger partial charge in [0.25, 0.3) is 0 Å². The molecule has 18 heavy (non-hydrogen) atoms. The Bertz CT molecular complexity index is 556. The third-order valence-corrected chi connectivity index (χ3v) is 5.65. The van der Waals surface area contributed by atoms with Crippen molar-refractivity contribution < 1.29 is 8.42 Å². The Hall–Kier alpha value is -1.07. The number of rotatable bonds is 1. The lowest BCUT2D eigenvalue weighted by Gasteiger charge is -2.37. The zero-order valence-electron chi connectivity index (χ0n) is 10.2. The first-order valence-corrected chi connectivity index (χ1v) is 8.19. The molecule has 2 atom stereocenters. The fourth-order valence-electron chi connectivity index (χ4n) is 3.08. The van der Waals surface area contributed by atoms with Gasteiger partial charge in [0.2, 0.25) is 0 Å². The highest BCUT2D eigenvalue weighted by molar-refractivity contribution is 7.91. The molecule has 2 unspecified atom stereocenters. The smallest absolute Gasteiger partial charge is 0.153 e. The Kier molecular flexibility index (Phi) is 2.83. The van der Waals surface area contributed by atoms with Crippen LogP contribution in [0.3, 0.4) is 0 Å². The number of sulfone groups is 1. The van der Waals surface area contributed by atoms with Crippen LogP contribution in [-0.4, -0.2) is 38.6 Å². The molecule has 0 aliphatic carbocycles. The van der Waals surface area contributed by atoms with Gasteiger partial charge >= 0.3 is 0 Å². The maximum absolute atomic E-state index is 11.7. The Morgan fingerprint density at radius 2 is 2.00 bits per heavy atom. The molecule has 0 bridgehead atoms. The fourth-order valence-corrected chi connectivity index (χ4v) is 4.98. The molecule has 2 aliphatic heterocycles. The molecular formula is C13H18N2O2S. The van der Waals surface area contributed by atoms with Crippen molar-refractivity contribution in [3.05, 3.63) is 29.8 Å². The van der Waals surface area contributed by atoms with Gasteiger partial charge in [-0.25, -0.2) is 8.42 Å². The number of aryl methyl sites for hydroxylation is 1. The quantitative estimate of drug-likeness (QED) is 0.807. The van der Waals surface area contributed by atoms with Crippen LogP contribution in [0.15, 0.2) is 24.3 Å². The molecular weight excluding hydrogens is 248 g/mol. The second-order valence-electron chi connectivity index (χ2n) is 5.23. The minimum Gasteiger partial charge on any atom is -0.366 e. The summed E-state index contributed by atoms with van der Waals surface area (Å²) in [4.78, 5) is 2.20. The van der Waals surface area contributed by atoms with E-state index in [1.807, 2.05) is 12.1 Å². The van der Waals surface area contributed by atoms with E-state index in [4.69, 9.17) is 5.73 Å². The Morgan fingerprint density at radius 3 is 2.72 bits per heavy atom. The van der Waals surface area contributed by atoms with Gasteiger partial charge < -0.3 is 10.6 Å². The van der Waals surface area contributed by atoms with Crippen molar-refractivity contribution in [2.24, 2.45) is 5.73 Å². The van der Waals surface area contributed by atoms with E-state index in [0.29, 0.717) is 0 Å². The molecule has 1 aromatic carbocycles. The van der Waals surface area contributed by atoms with E-state index < -0.39 is 9.84 Å². The fraction of sp³-hybridized carbons (Fsp3) is 0.538. The summed E-state index contributed by atoms with van der Waals surface area (Å²) in [5, 5.41) is 0. The number of para-hydroxylation sites is 1. The Labute approximate surface area is 108 Å². The van der Waals surface area contributed by atoms with E-state index in [-0.39, 0.29) is 23.6 Å². The van der Waals surface area contributed by atoms with E-state index in [9.17, 15) is 8.42 Å². The number of hydrogen-bond acceptors (Lipinski definition) is 4. The largest absolute Gasteiger partial charge is 0.366 e. The molecule has 0 radical (unpaired) electrons. The summed E-state index contributed by atoms with van der Waals surface area (Å²) in [5.41, 5.74) is 8.50. The van der Waals surface area contributed by atoms with Gasteiger partial charge in [0, 0.05) is 18.3 Å². The summed E-state index contributed by atoms with van der Waals surface area (Å²) in [6.07, 6.45) is 2.14. The molecule has 4 nitrogen and oxygen atoms in total. The van der Waals surface area contributed by atoms with Crippen LogP contribution in [0.1, 0.15) is 12.0 Å². The van der Waals surface area contributed by atoms with Crippen LogP contribution >= 0.6 is 0 Å². The first kappa shape index (κ1) is 12.0. The number of benzene rings is 1. The maximum Gasteiger partial charge on any atom is 0.153 e. The van der Waals surface area contributed by atoms with E-state index in [1.54, 1.807) is 0 Å². The third-order valence-electron chi connectivity index (χ3n) is 3.91. The number of fused-ring (bicyclic) bond motifs is 1. The van der Waals surface area contributed by atoms with Crippen LogP contribution in [0.5, 0.6) is 0 Å². The first-order chi connectivity index (χ1) is 8.57. The Balaban J connectivity index is 1.95. The Morgan fingerprint density at radius 1 is 1.22 bits per heavy atom. The van der Waals surface area contributed by atoms with Crippen LogP contribution in [-0.2, 0) is 16.3 Å². The minimum absolute atomic E-state index is 0.0588. The standard InChI is InChI=1S/C13H18N2O2S/c14-11-8-18(16,17)9-13(11)15-7-3-5-10-4-1-2-6-12(10)15/h1-2,4,6,11,13H,3,5,7-9,14H2. The average molecular weight is 266 g/mol. The molecule has 3 rings (SSSR count). The minimum atomic E-state index is -2.96. The zero-order chi connectivity index (χ0) is 12.8. The molecule has 1 fully saturated rings. The number of nitrogens with two attached hydrogens (primary N) is 1. The van der Waals surface area contributed by atoms with Crippen molar-refractivity contribution in [3.63, 3.8) is 0 Å². The first-order valence-electron chi connectivity index (χ1n) is 6.37. The number of anilines is 1. The van der Waals surface area contributed by atoms with E-state index >= 15 is 0 Å². The average Bonchev–Trinajstić information content (AvgIpc) is 2.62. The van der Waals surface area contributed by atoms with Crippen LogP contribution in [0.4, 0.5) is 5.69 Å². The molecule has 98 valence electrons. The van der Waals surface area contributed by atoms with Gasteiger partial charge in [0.05, 0.1) is 17.5 Å². The molecule has 0 aromatic heterocycles. The second-order valence-corrected chi connectivity index (χ2v) is 7.39. The van der Waals surface area contributed by atoms with Crippen molar-refractivity contribution >= 4 is 15.5 Å². The lowest BCUT2D eigenvalue weighted by atomic mass is 9.99. The van der Waals surface area contributed by atoms with Crippen molar-refractivity contribution in [1.82, 2.24) is 0 Å². The van der Waals surface area contributed by atoms with Gasteiger partial charge in [-0.05, 0) is 24.5 Å². The highest BCUT2D eigenvalue weighted by Crippen LogP contribution is 2.31. The zero-order valence-corrected chi connectivity index (χ0v) is 11.1. The number of hydrogen-bond donors (Lipinski definition) is 1. The van der Waals surface area contributed by atoms with Gasteiger partial charge in [-0.15, -0.1) is 0 Å². The predicted octanol–water partition coefficient (Wildman–Crippen LogP) is 0.564. The normalized spacial score (nSPS) is 30.2. The van der Waals surface area contributed by atoms with Gasteiger partial charge in [-0.1, -0.05) is 18.2 Å². The van der Waals surface area contributed by atoms with Crippen molar-refractivity contribution in [2.75, 3.05) is 23.0 Å². The number of nitrogens with zero attached hydrogens (tertiary/aromatic N) is 1. The predicted molar refractivity (Wildman–Crippen MR) is 72.5 cm³/mol. The molecule has 0 amide bonds. The molecule has 1 saturated heterocycles. The molecule has 0 saturated carbocycles. The van der Waals surface area contributed by atoms with E-state index in [0.717, 1.165) is 19.4 Å². The highest BCUT2D eigenvalue weighted by Gasteiger charge is 2.39. The lowest BCUT2D eigenvalue weighted by Crippen LogP contribution is -2.49. The summed E-state index contributed by atoms with van der Waals surface area (Å²) in [5.74, 6) is 0.318. The van der Waals surface area contributed by atoms with Crippen LogP contribution in [0.25, 0.3) is 0 Å². The van der Waals surface area contributed by atoms with Crippen LogP contribution in [0, 0.1) is 0 Å². The topological polar surface area (TPSA) is 63.4 Å². The summed E-state index contributed by atoms with van der Waals surface area (Å²) < 4.78 is 23.4. The van der Waals surface area contributed by atoms with E-state index in [1.165, 1.54) is 11.3 Å². The molecule has 2 heterocycles. The highest BCUT2D eigenvalue weighted by atomic mass is 32.2. The van der Waals surface area contributed by atoms with Gasteiger partial charge in [-0.3, -0.25) is 0 Å². The SMILES string of the molecule is NC1CS(=O)(=O)CC1N1CCCc2ccccc21. The molecule has 1 aromatic rings.